The van der Waals surface area contributed by atoms with Crippen LogP contribution in [0.4, 0.5) is 0 Å². The Kier molecular flexibility index (Phi) is 2.69. The van der Waals surface area contributed by atoms with Gasteiger partial charge in [0, 0.05) is 24.5 Å². The van der Waals surface area contributed by atoms with Gasteiger partial charge in [0.05, 0.1) is 0 Å². The molecule has 1 saturated carbocycles. The maximum absolute atomic E-state index is 5.68. The normalized spacial score (nSPS) is 19.2. The third-order valence-corrected chi connectivity index (χ3v) is 3.04. The summed E-state index contributed by atoms with van der Waals surface area (Å²) in [6.45, 7) is 0.670. The van der Waals surface area contributed by atoms with Crippen molar-refractivity contribution in [2.24, 2.45) is 5.73 Å². The van der Waals surface area contributed by atoms with Crippen molar-refractivity contribution in [1.29, 1.82) is 0 Å². The number of aromatic nitrogens is 1. The van der Waals surface area contributed by atoms with Gasteiger partial charge in [-0.2, -0.15) is 0 Å². The van der Waals surface area contributed by atoms with Crippen molar-refractivity contribution in [3.05, 3.63) is 24.0 Å². The summed E-state index contributed by atoms with van der Waals surface area (Å²) < 4.78 is 2.37. The third kappa shape index (κ3) is 1.78. The third-order valence-electron chi connectivity index (χ3n) is 3.04. The molecular formula is C11H18N2. The van der Waals surface area contributed by atoms with Crippen LogP contribution in [-0.2, 0) is 6.54 Å². The first-order valence-electron chi connectivity index (χ1n) is 5.27. The highest BCUT2D eigenvalue weighted by molar-refractivity contribution is 5.08. The Hall–Kier alpha value is -0.760. The standard InChI is InChI=1S/C11H18N2/c12-9-11-7-4-8-13(11)10-5-2-1-3-6-10/h4,7-8,10H,1-3,5-6,9,12H2. The van der Waals surface area contributed by atoms with E-state index in [-0.39, 0.29) is 0 Å². The average Bonchev–Trinajstić information content (AvgIpc) is 2.67. The highest BCUT2D eigenvalue weighted by atomic mass is 15.0. The van der Waals surface area contributed by atoms with Crippen molar-refractivity contribution in [1.82, 2.24) is 4.57 Å². The first kappa shape index (κ1) is 8.82. The van der Waals surface area contributed by atoms with Gasteiger partial charge in [0.2, 0.25) is 0 Å². The molecule has 1 fully saturated rings. The molecule has 0 bridgehead atoms. The largest absolute Gasteiger partial charge is 0.347 e. The van der Waals surface area contributed by atoms with Crippen LogP contribution in [0.15, 0.2) is 18.3 Å². The Bertz CT molecular complexity index is 259. The van der Waals surface area contributed by atoms with Gasteiger partial charge in [-0.1, -0.05) is 19.3 Å². The van der Waals surface area contributed by atoms with Gasteiger partial charge in [-0.25, -0.2) is 0 Å². The van der Waals surface area contributed by atoms with Gasteiger partial charge < -0.3 is 10.3 Å². The summed E-state index contributed by atoms with van der Waals surface area (Å²) in [4.78, 5) is 0. The van der Waals surface area contributed by atoms with Crippen LogP contribution < -0.4 is 5.73 Å². The Morgan fingerprint density at radius 3 is 2.77 bits per heavy atom. The maximum Gasteiger partial charge on any atom is 0.0334 e. The van der Waals surface area contributed by atoms with Crippen LogP contribution >= 0.6 is 0 Å². The lowest BCUT2D eigenvalue weighted by Gasteiger charge is -2.25. The predicted octanol–water partition coefficient (Wildman–Crippen LogP) is 2.45. The molecule has 0 amide bonds. The zero-order valence-electron chi connectivity index (χ0n) is 8.08. The molecule has 1 aromatic heterocycles. The lowest BCUT2D eigenvalue weighted by Crippen LogP contribution is -2.15. The van der Waals surface area contributed by atoms with Crippen LogP contribution in [0.5, 0.6) is 0 Å². The van der Waals surface area contributed by atoms with Gasteiger partial charge in [0.25, 0.3) is 0 Å². The van der Waals surface area contributed by atoms with Crippen molar-refractivity contribution in [3.63, 3.8) is 0 Å². The second-order valence-electron chi connectivity index (χ2n) is 3.90. The molecule has 0 unspecified atom stereocenters. The number of rotatable bonds is 2. The zero-order chi connectivity index (χ0) is 9.10. The summed E-state index contributed by atoms with van der Waals surface area (Å²) in [7, 11) is 0. The van der Waals surface area contributed by atoms with Crippen LogP contribution in [0.25, 0.3) is 0 Å². The summed E-state index contributed by atoms with van der Waals surface area (Å²) in [6.07, 6.45) is 9.02. The van der Waals surface area contributed by atoms with E-state index in [0.717, 1.165) is 6.04 Å². The van der Waals surface area contributed by atoms with E-state index in [1.54, 1.807) is 0 Å². The summed E-state index contributed by atoms with van der Waals surface area (Å²) in [5, 5.41) is 0. The number of nitrogens with zero attached hydrogens (tertiary/aromatic N) is 1. The minimum atomic E-state index is 0.670. The minimum absolute atomic E-state index is 0.670. The molecule has 72 valence electrons. The molecule has 0 aliphatic heterocycles. The van der Waals surface area contributed by atoms with Crippen LogP contribution in [0.2, 0.25) is 0 Å². The van der Waals surface area contributed by atoms with Gasteiger partial charge in [0.15, 0.2) is 0 Å². The molecule has 2 N–H and O–H groups in total. The van der Waals surface area contributed by atoms with E-state index in [1.807, 2.05) is 0 Å². The fraction of sp³-hybridized carbons (Fsp3) is 0.636. The van der Waals surface area contributed by atoms with Crippen molar-refractivity contribution >= 4 is 0 Å². The lowest BCUT2D eigenvalue weighted by atomic mass is 9.95. The molecule has 2 nitrogen and oxygen atoms in total. The van der Waals surface area contributed by atoms with Gasteiger partial charge >= 0.3 is 0 Å². The van der Waals surface area contributed by atoms with Crippen LogP contribution in [0.3, 0.4) is 0 Å². The monoisotopic (exact) mass is 178 g/mol. The van der Waals surface area contributed by atoms with E-state index >= 15 is 0 Å². The Labute approximate surface area is 79.7 Å². The van der Waals surface area contributed by atoms with Gasteiger partial charge in [-0.15, -0.1) is 0 Å². The number of hydrogen-bond acceptors (Lipinski definition) is 1. The van der Waals surface area contributed by atoms with E-state index < -0.39 is 0 Å². The van der Waals surface area contributed by atoms with Gasteiger partial charge in [0.1, 0.15) is 0 Å². The molecule has 2 heteroatoms. The molecule has 0 spiro atoms. The van der Waals surface area contributed by atoms with Crippen LogP contribution in [0, 0.1) is 0 Å². The molecule has 1 aliphatic carbocycles. The molecule has 0 saturated heterocycles. The van der Waals surface area contributed by atoms with Crippen LogP contribution in [-0.4, -0.2) is 4.57 Å². The second-order valence-corrected chi connectivity index (χ2v) is 3.90. The Morgan fingerprint density at radius 2 is 2.08 bits per heavy atom. The first-order chi connectivity index (χ1) is 6.42. The van der Waals surface area contributed by atoms with Crippen LogP contribution in [0.1, 0.15) is 43.8 Å². The quantitative estimate of drug-likeness (QED) is 0.741. The second kappa shape index (κ2) is 3.97. The van der Waals surface area contributed by atoms with E-state index in [4.69, 9.17) is 5.73 Å². The Morgan fingerprint density at radius 1 is 1.31 bits per heavy atom. The van der Waals surface area contributed by atoms with Crippen molar-refractivity contribution in [3.8, 4) is 0 Å². The Balaban J connectivity index is 2.13. The fourth-order valence-corrected chi connectivity index (χ4v) is 2.32. The minimum Gasteiger partial charge on any atom is -0.347 e. The lowest BCUT2D eigenvalue weighted by molar-refractivity contribution is 0.347. The summed E-state index contributed by atoms with van der Waals surface area (Å²) in [5.74, 6) is 0. The molecule has 1 aromatic rings. The van der Waals surface area contributed by atoms with E-state index in [2.05, 4.69) is 22.9 Å². The van der Waals surface area contributed by atoms with E-state index in [9.17, 15) is 0 Å². The molecule has 0 radical (unpaired) electrons. The molecule has 13 heavy (non-hydrogen) atoms. The van der Waals surface area contributed by atoms with Crippen molar-refractivity contribution in [2.45, 2.75) is 44.7 Å². The molecule has 0 aromatic carbocycles. The topological polar surface area (TPSA) is 30.9 Å². The van der Waals surface area contributed by atoms with Gasteiger partial charge in [-0.3, -0.25) is 0 Å². The first-order valence-corrected chi connectivity index (χ1v) is 5.27. The molecule has 1 aliphatic rings. The van der Waals surface area contributed by atoms with Gasteiger partial charge in [-0.05, 0) is 25.0 Å². The van der Waals surface area contributed by atoms with E-state index in [0.29, 0.717) is 6.54 Å². The summed E-state index contributed by atoms with van der Waals surface area (Å²) in [6, 6.07) is 4.97. The van der Waals surface area contributed by atoms with Crippen molar-refractivity contribution in [2.75, 3.05) is 0 Å². The molecule has 2 rings (SSSR count). The smallest absolute Gasteiger partial charge is 0.0334 e. The van der Waals surface area contributed by atoms with Crippen molar-refractivity contribution < 1.29 is 0 Å². The number of hydrogen-bond donors (Lipinski definition) is 1. The highest BCUT2D eigenvalue weighted by Gasteiger charge is 2.15. The summed E-state index contributed by atoms with van der Waals surface area (Å²) in [5.41, 5.74) is 6.97. The molecule has 0 atom stereocenters. The SMILES string of the molecule is NCc1cccn1C1CCCCC1. The average molecular weight is 178 g/mol. The van der Waals surface area contributed by atoms with E-state index in [1.165, 1.54) is 37.8 Å². The number of nitrogens with two attached hydrogens (primary N) is 1. The highest BCUT2D eigenvalue weighted by Crippen LogP contribution is 2.29. The fourth-order valence-electron chi connectivity index (χ4n) is 2.32. The maximum atomic E-state index is 5.68. The summed E-state index contributed by atoms with van der Waals surface area (Å²) >= 11 is 0. The zero-order valence-corrected chi connectivity index (χ0v) is 8.08. The molecular weight excluding hydrogens is 160 g/mol. The predicted molar refractivity (Wildman–Crippen MR) is 54.4 cm³/mol. The molecule has 1 heterocycles.